The molecule has 0 aromatic heterocycles. The van der Waals surface area contributed by atoms with Gasteiger partial charge in [0.2, 0.25) is 5.91 Å². The first-order valence-electron chi connectivity index (χ1n) is 8.61. The third kappa shape index (κ3) is 3.66. The average molecular weight is 345 g/mol. The molecule has 0 spiro atoms. The topological polar surface area (TPSA) is 79.0 Å². The Hall–Kier alpha value is -2.41. The zero-order chi connectivity index (χ0) is 17.8. The summed E-state index contributed by atoms with van der Waals surface area (Å²) < 4.78 is 5.26. The Morgan fingerprint density at radius 1 is 1.24 bits per heavy atom. The van der Waals surface area contributed by atoms with Gasteiger partial charge >= 0.3 is 0 Å². The van der Waals surface area contributed by atoms with Crippen molar-refractivity contribution >= 4 is 23.4 Å². The van der Waals surface area contributed by atoms with Gasteiger partial charge in [0.15, 0.2) is 0 Å². The van der Waals surface area contributed by atoms with Crippen LogP contribution in [-0.2, 0) is 14.3 Å². The van der Waals surface area contributed by atoms with Crippen LogP contribution in [-0.4, -0.2) is 62.0 Å². The smallest absolute Gasteiger partial charge is 0.253 e. The van der Waals surface area contributed by atoms with Gasteiger partial charge in [-0.1, -0.05) is 12.1 Å². The predicted octanol–water partition coefficient (Wildman–Crippen LogP) is 0.791. The normalized spacial score (nSPS) is 21.2. The van der Waals surface area contributed by atoms with Crippen molar-refractivity contribution in [1.29, 1.82) is 0 Å². The fraction of sp³-hybridized carbons (Fsp3) is 0.500. The molecule has 7 nitrogen and oxygen atoms in total. The van der Waals surface area contributed by atoms with Gasteiger partial charge in [0.25, 0.3) is 11.8 Å². The van der Waals surface area contributed by atoms with Crippen molar-refractivity contribution in [2.75, 3.05) is 38.2 Å². The van der Waals surface area contributed by atoms with Crippen molar-refractivity contribution in [1.82, 2.24) is 10.2 Å². The molecule has 0 radical (unpaired) electrons. The van der Waals surface area contributed by atoms with Gasteiger partial charge in [-0.3, -0.25) is 14.4 Å². The minimum Gasteiger partial charge on any atom is -0.372 e. The molecule has 0 aliphatic carbocycles. The summed E-state index contributed by atoms with van der Waals surface area (Å²) in [6, 6.07) is 7.04. The molecule has 2 aliphatic heterocycles. The monoisotopic (exact) mass is 345 g/mol. The summed E-state index contributed by atoms with van der Waals surface area (Å²) in [5.74, 6) is -0.504. The van der Waals surface area contributed by atoms with Gasteiger partial charge in [-0.05, 0) is 31.4 Å². The van der Waals surface area contributed by atoms with Crippen LogP contribution in [0.5, 0.6) is 0 Å². The Kier molecular flexibility index (Phi) is 5.33. The Morgan fingerprint density at radius 2 is 2.04 bits per heavy atom. The summed E-state index contributed by atoms with van der Waals surface area (Å²) in [4.78, 5) is 40.7. The molecule has 3 rings (SSSR count). The summed E-state index contributed by atoms with van der Waals surface area (Å²) in [5.41, 5.74) is 1.07. The molecular weight excluding hydrogens is 322 g/mol. The summed E-state index contributed by atoms with van der Waals surface area (Å²) in [7, 11) is 1.52. The quantitative estimate of drug-likeness (QED) is 0.878. The van der Waals surface area contributed by atoms with Gasteiger partial charge in [0.1, 0.15) is 12.6 Å². The number of carbonyl (C=O) groups excluding carboxylic acids is 3. The number of anilines is 1. The Morgan fingerprint density at radius 3 is 2.84 bits per heavy atom. The first kappa shape index (κ1) is 17.4. The van der Waals surface area contributed by atoms with Gasteiger partial charge in [0, 0.05) is 26.7 Å². The number of likely N-dealkylation sites (tertiary alicyclic amines) is 1. The van der Waals surface area contributed by atoms with Crippen molar-refractivity contribution in [2.24, 2.45) is 0 Å². The highest BCUT2D eigenvalue weighted by molar-refractivity contribution is 6.06. The molecule has 2 heterocycles. The van der Waals surface area contributed by atoms with Crippen LogP contribution in [0.15, 0.2) is 24.3 Å². The number of hydrogen-bond donors (Lipinski definition) is 1. The maximum absolute atomic E-state index is 12.9. The lowest BCUT2D eigenvalue weighted by molar-refractivity contribution is -0.143. The molecule has 1 N–H and O–H groups in total. The molecule has 1 aromatic carbocycles. The van der Waals surface area contributed by atoms with Crippen LogP contribution in [0.3, 0.4) is 0 Å². The molecule has 1 aromatic rings. The van der Waals surface area contributed by atoms with Crippen molar-refractivity contribution in [3.63, 3.8) is 0 Å². The fourth-order valence-electron chi connectivity index (χ4n) is 3.35. The van der Waals surface area contributed by atoms with Crippen LogP contribution in [0, 0.1) is 0 Å². The lowest BCUT2D eigenvalue weighted by Gasteiger charge is -2.27. The molecule has 1 atom stereocenters. The lowest BCUT2D eigenvalue weighted by Crippen LogP contribution is -2.47. The summed E-state index contributed by atoms with van der Waals surface area (Å²) >= 11 is 0. The SMILES string of the molecule is COC1CCCCN(CC(=O)N2CCNC(=O)c3ccccc32)C1=O. The molecule has 0 saturated carbocycles. The Bertz CT molecular complexity index is 676. The predicted molar refractivity (Wildman–Crippen MR) is 92.4 cm³/mol. The molecule has 1 unspecified atom stereocenters. The van der Waals surface area contributed by atoms with E-state index < -0.39 is 6.10 Å². The standard InChI is InChI=1S/C18H23N3O4/c1-25-15-8-4-5-10-20(18(15)24)12-16(22)21-11-9-19-17(23)13-6-2-3-7-14(13)21/h2-3,6-7,15H,4-5,8-12H2,1H3,(H,19,23). The fourth-order valence-corrected chi connectivity index (χ4v) is 3.35. The molecule has 7 heteroatoms. The zero-order valence-electron chi connectivity index (χ0n) is 14.4. The minimum atomic E-state index is -0.477. The van der Waals surface area contributed by atoms with Crippen LogP contribution in [0.25, 0.3) is 0 Å². The van der Waals surface area contributed by atoms with Crippen molar-refractivity contribution in [2.45, 2.75) is 25.4 Å². The lowest BCUT2D eigenvalue weighted by atomic mass is 10.1. The number of nitrogens with one attached hydrogen (secondary N) is 1. The van der Waals surface area contributed by atoms with Crippen LogP contribution in [0.1, 0.15) is 29.6 Å². The molecule has 134 valence electrons. The number of benzene rings is 1. The van der Waals surface area contributed by atoms with Gasteiger partial charge in [-0.2, -0.15) is 0 Å². The van der Waals surface area contributed by atoms with Crippen molar-refractivity contribution in [3.05, 3.63) is 29.8 Å². The van der Waals surface area contributed by atoms with E-state index in [-0.39, 0.29) is 24.3 Å². The first-order valence-corrected chi connectivity index (χ1v) is 8.61. The average Bonchev–Trinajstić information content (AvgIpc) is 2.90. The number of methoxy groups -OCH3 is 1. The van der Waals surface area contributed by atoms with E-state index in [1.807, 2.05) is 0 Å². The Balaban J connectivity index is 1.79. The van der Waals surface area contributed by atoms with E-state index in [4.69, 9.17) is 4.74 Å². The highest BCUT2D eigenvalue weighted by Gasteiger charge is 2.31. The largest absolute Gasteiger partial charge is 0.372 e. The number of nitrogens with zero attached hydrogens (tertiary/aromatic N) is 2. The Labute approximate surface area is 146 Å². The van der Waals surface area contributed by atoms with Gasteiger partial charge in [0.05, 0.1) is 11.3 Å². The second kappa shape index (κ2) is 7.65. The first-order chi connectivity index (χ1) is 12.1. The number of amides is 3. The number of rotatable bonds is 3. The van der Waals surface area contributed by atoms with Crippen molar-refractivity contribution in [3.8, 4) is 0 Å². The number of hydrogen-bond acceptors (Lipinski definition) is 4. The van der Waals surface area contributed by atoms with Gasteiger partial charge < -0.3 is 19.9 Å². The maximum Gasteiger partial charge on any atom is 0.253 e. The minimum absolute atomic E-state index is 0.00121. The van der Waals surface area contributed by atoms with E-state index in [1.165, 1.54) is 7.11 Å². The molecule has 3 amide bonds. The molecule has 25 heavy (non-hydrogen) atoms. The van der Waals surface area contributed by atoms with Crippen LogP contribution in [0.2, 0.25) is 0 Å². The van der Waals surface area contributed by atoms with E-state index in [1.54, 1.807) is 34.1 Å². The summed E-state index contributed by atoms with van der Waals surface area (Å²) in [5, 5.41) is 2.79. The maximum atomic E-state index is 12.9. The highest BCUT2D eigenvalue weighted by atomic mass is 16.5. The molecule has 2 aliphatic rings. The number of ether oxygens (including phenoxy) is 1. The second-order valence-electron chi connectivity index (χ2n) is 6.30. The number of para-hydroxylation sites is 1. The number of fused-ring (bicyclic) bond motifs is 1. The summed E-state index contributed by atoms with van der Waals surface area (Å²) in [6.45, 7) is 1.32. The van der Waals surface area contributed by atoms with Crippen molar-refractivity contribution < 1.29 is 19.1 Å². The molecule has 1 saturated heterocycles. The number of carbonyl (C=O) groups is 3. The van der Waals surface area contributed by atoms with E-state index >= 15 is 0 Å². The third-order valence-electron chi connectivity index (χ3n) is 4.70. The molecular formula is C18H23N3O4. The van der Waals surface area contributed by atoms with E-state index in [0.29, 0.717) is 37.3 Å². The second-order valence-corrected chi connectivity index (χ2v) is 6.30. The van der Waals surface area contributed by atoms with Crippen LogP contribution in [0.4, 0.5) is 5.69 Å². The van der Waals surface area contributed by atoms with Crippen LogP contribution < -0.4 is 10.2 Å². The van der Waals surface area contributed by atoms with Gasteiger partial charge in [-0.15, -0.1) is 0 Å². The highest BCUT2D eigenvalue weighted by Crippen LogP contribution is 2.23. The zero-order valence-corrected chi connectivity index (χ0v) is 14.4. The van der Waals surface area contributed by atoms with Crippen LogP contribution >= 0.6 is 0 Å². The molecule has 0 bridgehead atoms. The molecule has 1 fully saturated rings. The van der Waals surface area contributed by atoms with E-state index in [0.717, 1.165) is 12.8 Å². The van der Waals surface area contributed by atoms with E-state index in [9.17, 15) is 14.4 Å². The van der Waals surface area contributed by atoms with Gasteiger partial charge in [-0.25, -0.2) is 0 Å². The third-order valence-corrected chi connectivity index (χ3v) is 4.70. The van der Waals surface area contributed by atoms with E-state index in [2.05, 4.69) is 5.32 Å². The summed E-state index contributed by atoms with van der Waals surface area (Å²) in [6.07, 6.45) is 1.97.